The quantitative estimate of drug-likeness (QED) is 0.745. The normalized spacial score (nSPS) is 16.0. The Balaban J connectivity index is 1.52. The molecule has 0 spiro atoms. The molecule has 2 aromatic carbocycles. The predicted molar refractivity (Wildman–Crippen MR) is 89.9 cm³/mol. The molecule has 1 atom stereocenters. The summed E-state index contributed by atoms with van der Waals surface area (Å²) in [7, 11) is 0. The summed E-state index contributed by atoms with van der Waals surface area (Å²) < 4.78 is 10.5. The summed E-state index contributed by atoms with van der Waals surface area (Å²) in [5.41, 5.74) is 2.71. The summed E-state index contributed by atoms with van der Waals surface area (Å²) in [6.07, 6.45) is 2.45. The van der Waals surface area contributed by atoms with Crippen LogP contribution in [-0.2, 0) is 16.0 Å². The molecule has 2 heterocycles. The first-order chi connectivity index (χ1) is 12.2. The Morgan fingerprint density at radius 1 is 1.16 bits per heavy atom. The van der Waals surface area contributed by atoms with E-state index in [1.54, 1.807) is 36.5 Å². The first-order valence-electron chi connectivity index (χ1n) is 7.79. The van der Waals surface area contributed by atoms with E-state index in [1.165, 1.54) is 6.39 Å². The molecule has 0 bridgehead atoms. The van der Waals surface area contributed by atoms with Crippen molar-refractivity contribution in [3.05, 3.63) is 72.2 Å². The molecule has 4 rings (SSSR count). The lowest BCUT2D eigenvalue weighted by atomic mass is 9.98. The van der Waals surface area contributed by atoms with Gasteiger partial charge in [-0.05, 0) is 23.8 Å². The highest BCUT2D eigenvalue weighted by molar-refractivity contribution is 6.00. The van der Waals surface area contributed by atoms with E-state index in [1.807, 2.05) is 18.2 Å². The number of benzene rings is 2. The number of nitrogens with zero attached hydrogens (tertiary/aromatic N) is 1. The van der Waals surface area contributed by atoms with Gasteiger partial charge < -0.3 is 14.5 Å². The third-order valence-electron chi connectivity index (χ3n) is 4.03. The number of anilines is 1. The molecule has 1 N–H and O–H groups in total. The fraction of sp³-hybridized carbons (Fsp3) is 0.105. The number of nitrogens with one attached hydrogen (secondary N) is 1. The molecule has 25 heavy (non-hydrogen) atoms. The minimum atomic E-state index is -0.851. The van der Waals surface area contributed by atoms with Crippen LogP contribution < -0.4 is 5.32 Å². The van der Waals surface area contributed by atoms with Gasteiger partial charge in [0.15, 0.2) is 18.3 Å². The van der Waals surface area contributed by atoms with Crippen LogP contribution in [0.5, 0.6) is 0 Å². The lowest BCUT2D eigenvalue weighted by Crippen LogP contribution is -2.37. The van der Waals surface area contributed by atoms with Crippen LogP contribution in [0.2, 0.25) is 0 Å². The summed E-state index contributed by atoms with van der Waals surface area (Å²) in [6, 6.07) is 14.3. The highest BCUT2D eigenvalue weighted by Gasteiger charge is 2.31. The van der Waals surface area contributed by atoms with Crippen LogP contribution in [0.4, 0.5) is 5.69 Å². The number of cyclic esters (lactones) is 1. The van der Waals surface area contributed by atoms with Crippen LogP contribution in [0.3, 0.4) is 0 Å². The van der Waals surface area contributed by atoms with Gasteiger partial charge in [-0.1, -0.05) is 30.3 Å². The van der Waals surface area contributed by atoms with Crippen LogP contribution in [0.25, 0.3) is 11.3 Å². The van der Waals surface area contributed by atoms with E-state index in [-0.39, 0.29) is 5.91 Å². The van der Waals surface area contributed by atoms with E-state index in [0.29, 0.717) is 23.4 Å². The molecule has 0 saturated heterocycles. The van der Waals surface area contributed by atoms with Crippen molar-refractivity contribution in [1.29, 1.82) is 0 Å². The maximum absolute atomic E-state index is 12.5. The second-order valence-electron chi connectivity index (χ2n) is 5.69. The molecule has 0 saturated carbocycles. The molecular weight excluding hydrogens is 320 g/mol. The van der Waals surface area contributed by atoms with Crippen molar-refractivity contribution in [2.75, 3.05) is 5.32 Å². The SMILES string of the molecule is O=C1O[C@H](C(=O)Nc2cccc(-c3cnco3)c2)Cc2ccccc21. The molecule has 6 nitrogen and oxygen atoms in total. The van der Waals surface area contributed by atoms with Gasteiger partial charge in [-0.3, -0.25) is 4.79 Å². The molecule has 1 aliphatic heterocycles. The average molecular weight is 334 g/mol. The van der Waals surface area contributed by atoms with Crippen molar-refractivity contribution in [1.82, 2.24) is 4.98 Å². The Kier molecular flexibility index (Phi) is 3.78. The number of esters is 1. The van der Waals surface area contributed by atoms with E-state index >= 15 is 0 Å². The Labute approximate surface area is 143 Å². The first kappa shape index (κ1) is 15.1. The molecule has 3 aromatic rings. The molecule has 1 aromatic heterocycles. The Morgan fingerprint density at radius 2 is 2.04 bits per heavy atom. The van der Waals surface area contributed by atoms with Crippen LogP contribution in [-0.4, -0.2) is 23.0 Å². The molecular formula is C19H14N2O4. The van der Waals surface area contributed by atoms with Gasteiger partial charge in [-0.25, -0.2) is 9.78 Å². The molecule has 1 aliphatic rings. The summed E-state index contributed by atoms with van der Waals surface area (Å²) >= 11 is 0. The maximum Gasteiger partial charge on any atom is 0.339 e. The smallest absolute Gasteiger partial charge is 0.339 e. The van der Waals surface area contributed by atoms with Gasteiger partial charge in [0.1, 0.15) is 0 Å². The fourth-order valence-electron chi connectivity index (χ4n) is 2.81. The number of amides is 1. The molecule has 0 aliphatic carbocycles. The van der Waals surface area contributed by atoms with E-state index in [9.17, 15) is 9.59 Å². The number of aromatic nitrogens is 1. The van der Waals surface area contributed by atoms with Crippen molar-refractivity contribution in [2.24, 2.45) is 0 Å². The van der Waals surface area contributed by atoms with Gasteiger partial charge in [0.2, 0.25) is 0 Å². The van der Waals surface area contributed by atoms with E-state index in [2.05, 4.69) is 10.3 Å². The number of carbonyl (C=O) groups excluding carboxylic acids is 2. The van der Waals surface area contributed by atoms with Crippen LogP contribution in [0, 0.1) is 0 Å². The zero-order valence-corrected chi connectivity index (χ0v) is 13.1. The van der Waals surface area contributed by atoms with Crippen molar-refractivity contribution >= 4 is 17.6 Å². The number of fused-ring (bicyclic) bond motifs is 1. The zero-order valence-electron chi connectivity index (χ0n) is 13.1. The van der Waals surface area contributed by atoms with Gasteiger partial charge in [0, 0.05) is 17.7 Å². The van der Waals surface area contributed by atoms with Crippen molar-refractivity contribution in [2.45, 2.75) is 12.5 Å². The molecule has 0 radical (unpaired) electrons. The first-order valence-corrected chi connectivity index (χ1v) is 7.79. The van der Waals surface area contributed by atoms with E-state index in [4.69, 9.17) is 9.15 Å². The summed E-state index contributed by atoms with van der Waals surface area (Å²) in [4.78, 5) is 28.4. The minimum absolute atomic E-state index is 0.357. The van der Waals surface area contributed by atoms with Crippen molar-refractivity contribution < 1.29 is 18.7 Å². The molecule has 6 heteroatoms. The lowest BCUT2D eigenvalue weighted by molar-refractivity contribution is -0.125. The number of rotatable bonds is 3. The van der Waals surface area contributed by atoms with Crippen LogP contribution >= 0.6 is 0 Å². The van der Waals surface area contributed by atoms with E-state index < -0.39 is 12.1 Å². The van der Waals surface area contributed by atoms with Crippen molar-refractivity contribution in [3.8, 4) is 11.3 Å². The van der Waals surface area contributed by atoms with E-state index in [0.717, 1.165) is 11.1 Å². The Bertz CT molecular complexity index is 934. The number of hydrogen-bond donors (Lipinski definition) is 1. The summed E-state index contributed by atoms with van der Waals surface area (Å²) in [5.74, 6) is -0.232. The van der Waals surface area contributed by atoms with Gasteiger partial charge in [-0.2, -0.15) is 0 Å². The summed E-state index contributed by atoms with van der Waals surface area (Å²) in [5, 5.41) is 2.79. The Hall–Kier alpha value is -3.41. The highest BCUT2D eigenvalue weighted by Crippen LogP contribution is 2.24. The Morgan fingerprint density at radius 3 is 2.88 bits per heavy atom. The predicted octanol–water partition coefficient (Wildman–Crippen LogP) is 3.06. The molecule has 1 amide bonds. The third-order valence-corrected chi connectivity index (χ3v) is 4.03. The standard InChI is InChI=1S/C19H14N2O4/c22-18(16-9-12-4-1-2-7-15(12)19(23)25-16)21-14-6-3-5-13(8-14)17-10-20-11-24-17/h1-8,10-11,16H,9H2,(H,21,22)/t16-/m0/s1. The second-order valence-corrected chi connectivity index (χ2v) is 5.69. The zero-order chi connectivity index (χ0) is 17.2. The number of carbonyl (C=O) groups is 2. The van der Waals surface area contributed by atoms with Gasteiger partial charge >= 0.3 is 5.97 Å². The number of hydrogen-bond acceptors (Lipinski definition) is 5. The maximum atomic E-state index is 12.5. The molecule has 124 valence electrons. The molecule has 0 unspecified atom stereocenters. The minimum Gasteiger partial charge on any atom is -0.448 e. The van der Waals surface area contributed by atoms with Crippen LogP contribution in [0.15, 0.2) is 65.5 Å². The fourth-order valence-corrected chi connectivity index (χ4v) is 2.81. The van der Waals surface area contributed by atoms with Gasteiger partial charge in [0.05, 0.1) is 11.8 Å². The number of oxazole rings is 1. The van der Waals surface area contributed by atoms with Crippen LogP contribution in [0.1, 0.15) is 15.9 Å². The topological polar surface area (TPSA) is 81.4 Å². The van der Waals surface area contributed by atoms with Gasteiger partial charge in [0.25, 0.3) is 5.91 Å². The summed E-state index contributed by atoms with van der Waals surface area (Å²) in [6.45, 7) is 0. The largest absolute Gasteiger partial charge is 0.448 e. The average Bonchev–Trinajstić information content (AvgIpc) is 3.17. The second kappa shape index (κ2) is 6.24. The monoisotopic (exact) mass is 334 g/mol. The van der Waals surface area contributed by atoms with Crippen molar-refractivity contribution in [3.63, 3.8) is 0 Å². The lowest BCUT2D eigenvalue weighted by Gasteiger charge is -2.23. The number of ether oxygens (including phenoxy) is 1. The third kappa shape index (κ3) is 3.01. The molecule has 0 fully saturated rings. The van der Waals surface area contributed by atoms with Gasteiger partial charge in [-0.15, -0.1) is 0 Å². The highest BCUT2D eigenvalue weighted by atomic mass is 16.5.